The minimum atomic E-state index is -0.958. The number of nitrogens with zero attached hydrogens (tertiary/aromatic N) is 7. The fraction of sp³-hybridized carbons (Fsp3) is 0.474. The predicted molar refractivity (Wildman–Crippen MR) is 210 cm³/mol. The summed E-state index contributed by atoms with van der Waals surface area (Å²) in [6.45, 7) is 5.40. The molecule has 55 heavy (non-hydrogen) atoms. The van der Waals surface area contributed by atoms with Crippen LogP contribution in [0.1, 0.15) is 57.6 Å². The molecule has 2 saturated heterocycles. The molecule has 292 valence electrons. The Hall–Kier alpha value is -5.03. The molecule has 0 spiro atoms. The highest BCUT2D eigenvalue weighted by Crippen LogP contribution is 2.33. The van der Waals surface area contributed by atoms with E-state index in [0.717, 1.165) is 42.5 Å². The van der Waals surface area contributed by atoms with Crippen LogP contribution in [-0.2, 0) is 39.2 Å². The Labute approximate surface area is 322 Å². The Balaban J connectivity index is 1.04. The van der Waals surface area contributed by atoms with Crippen LogP contribution < -0.4 is 26.5 Å². The SMILES string of the molecule is COC(Cn1c(=O)n(CCC(C)(C)O)c2cc(Nc3nc(N4CCC(Nc5ccc6c(C7CCC(=O)NC7=O)nn(C)c6c5)CC4)ncc3Cl)ccc21)OC. The molecule has 7 rings (SSSR count). The van der Waals surface area contributed by atoms with Crippen molar-refractivity contribution in [1.29, 1.82) is 0 Å². The van der Waals surface area contributed by atoms with Gasteiger partial charge < -0.3 is 30.1 Å². The smallest absolute Gasteiger partial charge is 0.329 e. The molecule has 0 bridgehead atoms. The summed E-state index contributed by atoms with van der Waals surface area (Å²) in [6, 6.07) is 11.9. The molecule has 2 aliphatic heterocycles. The van der Waals surface area contributed by atoms with Crippen molar-refractivity contribution in [2.75, 3.05) is 42.8 Å². The number of fused-ring (bicyclic) bond motifs is 2. The van der Waals surface area contributed by atoms with Crippen molar-refractivity contribution in [1.82, 2.24) is 34.2 Å². The maximum Gasteiger partial charge on any atom is 0.329 e. The van der Waals surface area contributed by atoms with Gasteiger partial charge in [0.1, 0.15) is 5.02 Å². The number of halogens is 1. The standard InChI is InChI=1S/C38H47ClN10O6/c1-38(2,53)14-17-48-30-19-24(7-10-28(30)49(37(48)52)21-32(54-4)55-5)42-34-27(39)20-40-36(44-34)47-15-12-22(13-16-47)41-23-6-8-25-29(18-23)46(3)45-33(25)26-9-11-31(50)43-35(26)51/h6-8,10,18-20,22,26,32,41,53H,9,11-17,21H2,1-5H3,(H,40,42,44)(H,43,50,51). The topological polar surface area (TPSA) is 183 Å². The molecule has 1 unspecified atom stereocenters. The largest absolute Gasteiger partial charge is 0.390 e. The van der Waals surface area contributed by atoms with Crippen molar-refractivity contribution >= 4 is 68.5 Å². The number of benzene rings is 2. The lowest BCUT2D eigenvalue weighted by molar-refractivity contribution is -0.134. The van der Waals surface area contributed by atoms with Crippen LogP contribution >= 0.6 is 11.6 Å². The second-order valence-corrected chi connectivity index (χ2v) is 15.3. The van der Waals surface area contributed by atoms with Gasteiger partial charge >= 0.3 is 5.69 Å². The number of carbonyl (C=O) groups is 2. The van der Waals surface area contributed by atoms with E-state index in [9.17, 15) is 19.5 Å². The number of anilines is 4. The summed E-state index contributed by atoms with van der Waals surface area (Å²) in [5.74, 6) is 0.0139. The number of piperidine rings is 2. The molecule has 0 aliphatic carbocycles. The van der Waals surface area contributed by atoms with Gasteiger partial charge in [0.2, 0.25) is 17.8 Å². The van der Waals surface area contributed by atoms with Crippen molar-refractivity contribution < 1.29 is 24.2 Å². The van der Waals surface area contributed by atoms with Crippen LogP contribution in [0.2, 0.25) is 5.02 Å². The highest BCUT2D eigenvalue weighted by Gasteiger charge is 2.32. The third-order valence-corrected chi connectivity index (χ3v) is 10.7. The van der Waals surface area contributed by atoms with E-state index in [1.807, 2.05) is 37.4 Å². The van der Waals surface area contributed by atoms with Crippen LogP contribution in [0.15, 0.2) is 47.4 Å². The molecule has 2 aromatic carbocycles. The number of hydrogen-bond donors (Lipinski definition) is 4. The molecule has 2 aliphatic rings. The van der Waals surface area contributed by atoms with Gasteiger partial charge in [0.05, 0.1) is 46.5 Å². The first kappa shape index (κ1) is 38.3. The number of nitrogens with one attached hydrogen (secondary N) is 3. The zero-order valence-electron chi connectivity index (χ0n) is 31.6. The Kier molecular flexibility index (Phi) is 10.9. The molecule has 5 heterocycles. The maximum atomic E-state index is 13.6. The van der Waals surface area contributed by atoms with Gasteiger partial charge in [-0.15, -0.1) is 0 Å². The van der Waals surface area contributed by atoms with Crippen LogP contribution in [0.5, 0.6) is 0 Å². The monoisotopic (exact) mass is 774 g/mol. The number of amides is 2. The van der Waals surface area contributed by atoms with Crippen molar-refractivity contribution in [2.45, 2.75) is 82.9 Å². The van der Waals surface area contributed by atoms with Gasteiger partial charge in [0, 0.05) is 70.1 Å². The number of hydrogen-bond acceptors (Lipinski definition) is 12. The van der Waals surface area contributed by atoms with Crippen molar-refractivity contribution in [3.05, 3.63) is 63.8 Å². The normalized spacial score (nSPS) is 17.1. The molecule has 17 heteroatoms. The highest BCUT2D eigenvalue weighted by atomic mass is 35.5. The third-order valence-electron chi connectivity index (χ3n) is 10.4. The summed E-state index contributed by atoms with van der Waals surface area (Å²) < 4.78 is 15.8. The number of aliphatic hydroxyl groups is 1. The number of methoxy groups -OCH3 is 2. The number of carbonyl (C=O) groups excluding carboxylic acids is 2. The lowest BCUT2D eigenvalue weighted by Crippen LogP contribution is -2.40. The van der Waals surface area contributed by atoms with Crippen LogP contribution in [0.25, 0.3) is 21.9 Å². The van der Waals surface area contributed by atoms with Crippen LogP contribution in [-0.4, -0.2) is 91.0 Å². The van der Waals surface area contributed by atoms with E-state index >= 15 is 0 Å². The summed E-state index contributed by atoms with van der Waals surface area (Å²) in [4.78, 5) is 49.3. The van der Waals surface area contributed by atoms with Gasteiger partial charge in [0.25, 0.3) is 0 Å². The molecule has 16 nitrogen and oxygen atoms in total. The van der Waals surface area contributed by atoms with E-state index < -0.39 is 17.8 Å². The number of rotatable bonds is 13. The van der Waals surface area contributed by atoms with Crippen LogP contribution in [0.3, 0.4) is 0 Å². The van der Waals surface area contributed by atoms with Gasteiger partial charge in [-0.3, -0.25) is 28.7 Å². The molecule has 5 aromatic rings. The van der Waals surface area contributed by atoms with E-state index in [4.69, 9.17) is 26.1 Å². The third kappa shape index (κ3) is 8.17. The highest BCUT2D eigenvalue weighted by molar-refractivity contribution is 6.33. The van der Waals surface area contributed by atoms with E-state index in [-0.39, 0.29) is 30.1 Å². The second-order valence-electron chi connectivity index (χ2n) is 14.9. The molecule has 2 fully saturated rings. The second kappa shape index (κ2) is 15.6. The average molecular weight is 775 g/mol. The predicted octanol–water partition coefficient (Wildman–Crippen LogP) is 4.26. The molecule has 4 N–H and O–H groups in total. The molecular formula is C38H47ClN10O6. The molecule has 3 aromatic heterocycles. The Morgan fingerprint density at radius 1 is 1.00 bits per heavy atom. The van der Waals surface area contributed by atoms with Gasteiger partial charge in [-0.25, -0.2) is 9.78 Å². The summed E-state index contributed by atoms with van der Waals surface area (Å²) in [7, 11) is 4.92. The fourth-order valence-corrected chi connectivity index (χ4v) is 7.49. The number of imidazole rings is 1. The van der Waals surface area contributed by atoms with Gasteiger partial charge in [-0.05, 0) is 75.9 Å². The molecular weight excluding hydrogens is 728 g/mol. The first-order valence-electron chi connectivity index (χ1n) is 18.4. The van der Waals surface area contributed by atoms with E-state index in [0.29, 0.717) is 65.0 Å². The zero-order chi connectivity index (χ0) is 39.0. The van der Waals surface area contributed by atoms with Gasteiger partial charge in [-0.2, -0.15) is 10.1 Å². The van der Waals surface area contributed by atoms with Crippen molar-refractivity contribution in [3.8, 4) is 0 Å². The number of imide groups is 1. The molecule has 0 radical (unpaired) electrons. The fourth-order valence-electron chi connectivity index (χ4n) is 7.35. The first-order chi connectivity index (χ1) is 26.3. The lowest BCUT2D eigenvalue weighted by Gasteiger charge is -2.33. The van der Waals surface area contributed by atoms with Crippen LogP contribution in [0.4, 0.5) is 23.1 Å². The van der Waals surface area contributed by atoms with Crippen molar-refractivity contribution in [2.24, 2.45) is 7.05 Å². The Morgan fingerprint density at radius 3 is 2.44 bits per heavy atom. The number of aryl methyl sites for hydroxylation is 2. The van der Waals surface area contributed by atoms with E-state index in [2.05, 4.69) is 37.0 Å². The lowest BCUT2D eigenvalue weighted by atomic mass is 9.93. The number of aromatic nitrogens is 6. The minimum absolute atomic E-state index is 0.199. The minimum Gasteiger partial charge on any atom is -0.390 e. The van der Waals surface area contributed by atoms with E-state index in [1.165, 1.54) is 14.2 Å². The molecule has 2 amide bonds. The summed E-state index contributed by atoms with van der Waals surface area (Å²) in [5.41, 5.74) is 3.45. The van der Waals surface area contributed by atoms with Gasteiger partial charge in [0.15, 0.2) is 12.1 Å². The number of ether oxygens (including phenoxy) is 2. The summed E-state index contributed by atoms with van der Waals surface area (Å²) in [6.07, 6.45) is 3.81. The summed E-state index contributed by atoms with van der Waals surface area (Å²) in [5, 5.41) is 25.8. The quantitative estimate of drug-likeness (QED) is 0.0987. The molecule has 1 atom stereocenters. The first-order valence-corrected chi connectivity index (χ1v) is 18.8. The average Bonchev–Trinajstić information content (AvgIpc) is 3.61. The zero-order valence-corrected chi connectivity index (χ0v) is 32.4. The van der Waals surface area contributed by atoms with Crippen molar-refractivity contribution in [3.63, 3.8) is 0 Å². The van der Waals surface area contributed by atoms with Gasteiger partial charge in [-0.1, -0.05) is 11.6 Å². The van der Waals surface area contributed by atoms with Crippen LogP contribution in [0, 0.1) is 0 Å². The Bertz CT molecular complexity index is 2280. The Morgan fingerprint density at radius 2 is 1.73 bits per heavy atom. The van der Waals surface area contributed by atoms with E-state index in [1.54, 1.807) is 33.9 Å². The maximum absolute atomic E-state index is 13.6. The molecule has 0 saturated carbocycles. The summed E-state index contributed by atoms with van der Waals surface area (Å²) >= 11 is 6.61.